The van der Waals surface area contributed by atoms with Gasteiger partial charge in [-0.15, -0.1) is 0 Å². The number of amides is 1. The molecule has 8 nitrogen and oxygen atoms in total. The first kappa shape index (κ1) is 19.3. The van der Waals surface area contributed by atoms with Crippen LogP contribution in [0.5, 0.6) is 0 Å². The van der Waals surface area contributed by atoms with E-state index in [4.69, 9.17) is 0 Å². The molecule has 3 rings (SSSR count). The van der Waals surface area contributed by atoms with Gasteiger partial charge in [0.2, 0.25) is 5.91 Å². The largest absolute Gasteiger partial charge is 0.349 e. The van der Waals surface area contributed by atoms with Crippen LogP contribution >= 0.6 is 0 Å². The first-order chi connectivity index (χ1) is 13.0. The number of hydrogen-bond acceptors (Lipinski definition) is 5. The molecule has 0 aliphatic carbocycles. The average Bonchev–Trinajstić information content (AvgIpc) is 2.90. The van der Waals surface area contributed by atoms with Crippen LogP contribution in [0.4, 0.5) is 0 Å². The highest BCUT2D eigenvalue weighted by Gasteiger charge is 2.16. The van der Waals surface area contributed by atoms with E-state index in [2.05, 4.69) is 33.4 Å². The Bertz CT molecular complexity index is 870. The van der Waals surface area contributed by atoms with Gasteiger partial charge in [0.05, 0.1) is 23.6 Å². The Morgan fingerprint density at radius 2 is 2.04 bits per heavy atom. The maximum atomic E-state index is 12.2. The Kier molecular flexibility index (Phi) is 6.05. The third-order valence-corrected chi connectivity index (χ3v) is 4.88. The number of aromatic nitrogens is 4. The second kappa shape index (κ2) is 8.47. The summed E-state index contributed by atoms with van der Waals surface area (Å²) in [4.78, 5) is 26.6. The Labute approximate surface area is 159 Å². The van der Waals surface area contributed by atoms with Crippen molar-refractivity contribution in [2.45, 2.75) is 59.8 Å². The molecule has 3 heterocycles. The van der Waals surface area contributed by atoms with Crippen LogP contribution in [0.3, 0.4) is 0 Å². The maximum absolute atomic E-state index is 12.2. The van der Waals surface area contributed by atoms with Crippen molar-refractivity contribution in [3.8, 4) is 0 Å². The van der Waals surface area contributed by atoms with Crippen molar-refractivity contribution in [3.05, 3.63) is 45.1 Å². The summed E-state index contributed by atoms with van der Waals surface area (Å²) in [6.45, 7) is 10.1. The van der Waals surface area contributed by atoms with Crippen LogP contribution in [-0.2, 0) is 31.0 Å². The molecule has 0 radical (unpaired) electrons. The van der Waals surface area contributed by atoms with E-state index in [9.17, 15) is 9.59 Å². The fraction of sp³-hybridized carbons (Fsp3) is 0.579. The molecule has 0 spiro atoms. The number of carbonyl (C=O) groups excluding carboxylic acids is 1. The van der Waals surface area contributed by atoms with E-state index in [1.54, 1.807) is 0 Å². The van der Waals surface area contributed by atoms with Gasteiger partial charge < -0.3 is 5.32 Å². The molecular weight excluding hydrogens is 344 g/mol. The van der Waals surface area contributed by atoms with Crippen LogP contribution in [-0.4, -0.2) is 43.5 Å². The smallest absolute Gasteiger partial charge is 0.267 e. The van der Waals surface area contributed by atoms with Gasteiger partial charge in [-0.05, 0) is 44.9 Å². The first-order valence-electron chi connectivity index (χ1n) is 9.56. The summed E-state index contributed by atoms with van der Waals surface area (Å²) in [7, 11) is 0. The lowest BCUT2D eigenvalue weighted by Crippen LogP contribution is -2.33. The maximum Gasteiger partial charge on any atom is 0.267 e. The SMILES string of the molecule is CCCN1CCCn2nc(CNC(=O)Cn3nc(C)c(C)cc3=O)cc2C1. The van der Waals surface area contributed by atoms with E-state index >= 15 is 0 Å². The highest BCUT2D eigenvalue weighted by atomic mass is 16.2. The van der Waals surface area contributed by atoms with Gasteiger partial charge in [0.1, 0.15) is 6.54 Å². The number of rotatable bonds is 6. The first-order valence-corrected chi connectivity index (χ1v) is 9.56. The standard InChI is InChI=1S/C19H28N6O2/c1-4-6-23-7-5-8-24-17(12-23)10-16(22-24)11-20-18(26)13-25-19(27)9-14(2)15(3)21-25/h9-10H,4-8,11-13H2,1-3H3,(H,20,26). The van der Waals surface area contributed by atoms with E-state index < -0.39 is 0 Å². The lowest BCUT2D eigenvalue weighted by molar-refractivity contribution is -0.122. The molecular formula is C19H28N6O2. The van der Waals surface area contributed by atoms with E-state index in [1.165, 1.54) is 16.4 Å². The quantitative estimate of drug-likeness (QED) is 0.817. The van der Waals surface area contributed by atoms with Crippen molar-refractivity contribution in [1.82, 2.24) is 29.8 Å². The molecule has 1 aliphatic heterocycles. The minimum Gasteiger partial charge on any atom is -0.349 e. The zero-order valence-electron chi connectivity index (χ0n) is 16.4. The fourth-order valence-corrected chi connectivity index (χ4v) is 3.35. The molecule has 0 aromatic carbocycles. The number of nitrogens with zero attached hydrogens (tertiary/aromatic N) is 5. The lowest BCUT2D eigenvalue weighted by Gasteiger charge is -2.17. The third kappa shape index (κ3) is 4.82. The Morgan fingerprint density at radius 3 is 2.81 bits per heavy atom. The zero-order valence-corrected chi connectivity index (χ0v) is 16.4. The van der Waals surface area contributed by atoms with Gasteiger partial charge in [-0.2, -0.15) is 10.2 Å². The van der Waals surface area contributed by atoms with Crippen LogP contribution in [0.25, 0.3) is 0 Å². The highest BCUT2D eigenvalue weighted by Crippen LogP contribution is 2.14. The molecule has 0 atom stereocenters. The van der Waals surface area contributed by atoms with Crippen LogP contribution in [0.1, 0.15) is 42.4 Å². The molecule has 27 heavy (non-hydrogen) atoms. The van der Waals surface area contributed by atoms with Gasteiger partial charge in [-0.1, -0.05) is 6.92 Å². The van der Waals surface area contributed by atoms with Gasteiger partial charge in [0.15, 0.2) is 0 Å². The van der Waals surface area contributed by atoms with Crippen LogP contribution in [0, 0.1) is 13.8 Å². The summed E-state index contributed by atoms with van der Waals surface area (Å²) in [5.41, 5.74) is 3.34. The molecule has 2 aromatic heterocycles. The summed E-state index contributed by atoms with van der Waals surface area (Å²) in [6, 6.07) is 3.57. The molecule has 0 saturated heterocycles. The van der Waals surface area contributed by atoms with E-state index in [1.807, 2.05) is 18.5 Å². The molecule has 2 aromatic rings. The van der Waals surface area contributed by atoms with Gasteiger partial charge in [0.25, 0.3) is 5.56 Å². The van der Waals surface area contributed by atoms with Crippen molar-refractivity contribution in [2.24, 2.45) is 0 Å². The molecule has 146 valence electrons. The summed E-state index contributed by atoms with van der Waals surface area (Å²) in [5, 5.41) is 11.6. The molecule has 1 aliphatic rings. The van der Waals surface area contributed by atoms with E-state index in [0.29, 0.717) is 6.54 Å². The number of aryl methyl sites for hydroxylation is 3. The highest BCUT2D eigenvalue weighted by molar-refractivity contribution is 5.75. The van der Waals surface area contributed by atoms with Gasteiger partial charge in [-0.25, -0.2) is 4.68 Å². The van der Waals surface area contributed by atoms with Crippen molar-refractivity contribution < 1.29 is 4.79 Å². The summed E-state index contributed by atoms with van der Waals surface area (Å²) < 4.78 is 3.25. The molecule has 8 heteroatoms. The monoisotopic (exact) mass is 372 g/mol. The number of fused-ring (bicyclic) bond motifs is 1. The van der Waals surface area contributed by atoms with Crippen molar-refractivity contribution >= 4 is 5.91 Å². The summed E-state index contributed by atoms with van der Waals surface area (Å²) in [6.07, 6.45) is 2.23. The number of carbonyl (C=O) groups is 1. The van der Waals surface area contributed by atoms with Crippen molar-refractivity contribution in [1.29, 1.82) is 0 Å². The van der Waals surface area contributed by atoms with E-state index in [-0.39, 0.29) is 18.0 Å². The third-order valence-electron chi connectivity index (χ3n) is 4.88. The normalized spacial score (nSPS) is 14.6. The summed E-state index contributed by atoms with van der Waals surface area (Å²) in [5.74, 6) is -0.247. The molecule has 0 bridgehead atoms. The average molecular weight is 372 g/mol. The Morgan fingerprint density at radius 1 is 1.22 bits per heavy atom. The molecule has 0 fully saturated rings. The minimum atomic E-state index is -0.266. The fourth-order valence-electron chi connectivity index (χ4n) is 3.35. The van der Waals surface area contributed by atoms with Gasteiger partial charge >= 0.3 is 0 Å². The second-order valence-electron chi connectivity index (χ2n) is 7.17. The van der Waals surface area contributed by atoms with E-state index in [0.717, 1.165) is 56.0 Å². The number of hydrogen-bond donors (Lipinski definition) is 1. The van der Waals surface area contributed by atoms with Gasteiger partial charge in [-0.3, -0.25) is 19.2 Å². The van der Waals surface area contributed by atoms with Gasteiger partial charge in [0, 0.05) is 25.7 Å². The van der Waals surface area contributed by atoms with Crippen LogP contribution < -0.4 is 10.9 Å². The minimum absolute atomic E-state index is 0.0855. The lowest BCUT2D eigenvalue weighted by atomic mass is 10.2. The zero-order chi connectivity index (χ0) is 19.4. The topological polar surface area (TPSA) is 85.1 Å². The predicted octanol–water partition coefficient (Wildman–Crippen LogP) is 0.989. The molecule has 1 amide bonds. The molecule has 0 saturated carbocycles. The second-order valence-corrected chi connectivity index (χ2v) is 7.17. The molecule has 0 unspecified atom stereocenters. The Hall–Kier alpha value is -2.48. The Balaban J connectivity index is 1.59. The van der Waals surface area contributed by atoms with Crippen LogP contribution in [0.15, 0.2) is 16.9 Å². The van der Waals surface area contributed by atoms with Crippen LogP contribution in [0.2, 0.25) is 0 Å². The predicted molar refractivity (Wildman–Crippen MR) is 102 cm³/mol. The van der Waals surface area contributed by atoms with Crippen molar-refractivity contribution in [3.63, 3.8) is 0 Å². The number of nitrogens with one attached hydrogen (secondary N) is 1. The molecule has 1 N–H and O–H groups in total. The summed E-state index contributed by atoms with van der Waals surface area (Å²) >= 11 is 0. The van der Waals surface area contributed by atoms with Crippen molar-refractivity contribution in [2.75, 3.05) is 13.1 Å².